The van der Waals surface area contributed by atoms with E-state index in [4.69, 9.17) is 9.47 Å². The topological polar surface area (TPSA) is 93.7 Å². The molecule has 0 unspecified atom stereocenters. The number of esters is 1. The molecule has 0 saturated carbocycles. The maximum absolute atomic E-state index is 13.0. The molecule has 0 radical (unpaired) electrons. The number of thiophene rings is 1. The largest absolute Gasteiger partial charge is 0.491 e. The summed E-state index contributed by atoms with van der Waals surface area (Å²) in [6.45, 7) is 5.57. The lowest BCUT2D eigenvalue weighted by molar-refractivity contribution is 0.0602. The van der Waals surface area contributed by atoms with Crippen LogP contribution in [0, 0.1) is 0 Å². The van der Waals surface area contributed by atoms with Gasteiger partial charge in [0, 0.05) is 18.3 Å². The number of hydrogen-bond donors (Lipinski definition) is 2. The molecule has 2 aromatic rings. The van der Waals surface area contributed by atoms with E-state index in [2.05, 4.69) is 23.9 Å². The molecule has 0 atom stereocenters. The van der Waals surface area contributed by atoms with Gasteiger partial charge in [0.1, 0.15) is 15.5 Å². The SMILES string of the molecule is CCCCCCNc1ccc(NS(=O)(=O)c2ccsc2C(=O)OC)c(OCCCC)c1. The summed E-state index contributed by atoms with van der Waals surface area (Å²) in [7, 11) is -2.77. The number of hydrogen-bond acceptors (Lipinski definition) is 7. The number of ether oxygens (including phenoxy) is 2. The van der Waals surface area contributed by atoms with Crippen molar-refractivity contribution in [2.75, 3.05) is 30.3 Å². The first-order valence-corrected chi connectivity index (χ1v) is 13.0. The van der Waals surface area contributed by atoms with Crippen LogP contribution in [-0.2, 0) is 14.8 Å². The van der Waals surface area contributed by atoms with Crippen molar-refractivity contribution < 1.29 is 22.7 Å². The van der Waals surface area contributed by atoms with Crippen molar-refractivity contribution in [2.24, 2.45) is 0 Å². The lowest BCUT2D eigenvalue weighted by atomic mass is 10.2. The molecule has 9 heteroatoms. The molecular formula is C22H32N2O5S2. The molecule has 0 saturated heterocycles. The van der Waals surface area contributed by atoms with Gasteiger partial charge in [-0.3, -0.25) is 4.72 Å². The Balaban J connectivity index is 2.21. The summed E-state index contributed by atoms with van der Waals surface area (Å²) in [5, 5.41) is 4.91. The van der Waals surface area contributed by atoms with Gasteiger partial charge in [0.2, 0.25) is 0 Å². The Morgan fingerprint density at radius 3 is 2.55 bits per heavy atom. The van der Waals surface area contributed by atoms with E-state index in [1.807, 2.05) is 12.1 Å². The van der Waals surface area contributed by atoms with Gasteiger partial charge in [0.15, 0.2) is 0 Å². The Kier molecular flexibility index (Phi) is 10.1. The fourth-order valence-corrected chi connectivity index (χ4v) is 5.30. The summed E-state index contributed by atoms with van der Waals surface area (Å²) >= 11 is 1.02. The molecule has 7 nitrogen and oxygen atoms in total. The monoisotopic (exact) mass is 468 g/mol. The van der Waals surface area contributed by atoms with Crippen LogP contribution in [0.4, 0.5) is 11.4 Å². The van der Waals surface area contributed by atoms with Crippen molar-refractivity contribution in [3.8, 4) is 5.75 Å². The highest BCUT2D eigenvalue weighted by molar-refractivity contribution is 7.93. The van der Waals surface area contributed by atoms with Crippen molar-refractivity contribution >= 4 is 38.7 Å². The molecule has 1 aromatic carbocycles. The first-order valence-electron chi connectivity index (χ1n) is 10.6. The normalized spacial score (nSPS) is 11.2. The molecule has 0 bridgehead atoms. The highest BCUT2D eigenvalue weighted by Gasteiger charge is 2.25. The van der Waals surface area contributed by atoms with Crippen molar-refractivity contribution in [2.45, 2.75) is 57.3 Å². The maximum atomic E-state index is 13.0. The van der Waals surface area contributed by atoms with Crippen LogP contribution < -0.4 is 14.8 Å². The summed E-state index contributed by atoms with van der Waals surface area (Å²) in [5.74, 6) is -0.233. The van der Waals surface area contributed by atoms with Crippen LogP contribution in [0.2, 0.25) is 0 Å². The van der Waals surface area contributed by atoms with Gasteiger partial charge < -0.3 is 14.8 Å². The molecular weight excluding hydrogens is 436 g/mol. The van der Waals surface area contributed by atoms with E-state index in [0.717, 1.165) is 42.8 Å². The first kappa shape index (κ1) is 25.0. The lowest BCUT2D eigenvalue weighted by Gasteiger charge is -2.16. The molecule has 1 heterocycles. The molecule has 0 aliphatic carbocycles. The lowest BCUT2D eigenvalue weighted by Crippen LogP contribution is -2.16. The first-order chi connectivity index (χ1) is 14.9. The molecule has 0 spiro atoms. The number of carbonyl (C=O) groups is 1. The van der Waals surface area contributed by atoms with E-state index in [9.17, 15) is 13.2 Å². The summed E-state index contributed by atoms with van der Waals surface area (Å²) in [6.07, 6.45) is 6.47. The van der Waals surface area contributed by atoms with Gasteiger partial charge in [-0.1, -0.05) is 39.5 Å². The highest BCUT2D eigenvalue weighted by Crippen LogP contribution is 2.32. The number of sulfonamides is 1. The number of methoxy groups -OCH3 is 1. The number of nitrogens with one attached hydrogen (secondary N) is 2. The second-order valence-corrected chi connectivity index (χ2v) is 9.68. The van der Waals surface area contributed by atoms with E-state index in [1.54, 1.807) is 11.4 Å². The van der Waals surface area contributed by atoms with Crippen LogP contribution in [0.1, 0.15) is 62.0 Å². The molecule has 0 aliphatic rings. The molecule has 0 amide bonds. The van der Waals surface area contributed by atoms with Crippen molar-refractivity contribution in [3.05, 3.63) is 34.5 Å². The van der Waals surface area contributed by atoms with Crippen molar-refractivity contribution in [3.63, 3.8) is 0 Å². The zero-order valence-electron chi connectivity index (χ0n) is 18.4. The van der Waals surface area contributed by atoms with Crippen molar-refractivity contribution in [1.82, 2.24) is 0 Å². The second-order valence-electron chi connectivity index (χ2n) is 7.11. The van der Waals surface area contributed by atoms with E-state index in [1.165, 1.54) is 32.4 Å². The van der Waals surface area contributed by atoms with E-state index in [-0.39, 0.29) is 9.77 Å². The van der Waals surface area contributed by atoms with Crippen LogP contribution in [0.15, 0.2) is 34.5 Å². The third kappa shape index (κ3) is 7.43. The number of anilines is 2. The average Bonchev–Trinajstić information content (AvgIpc) is 3.26. The Labute approximate surface area is 189 Å². The third-order valence-electron chi connectivity index (χ3n) is 4.63. The molecule has 31 heavy (non-hydrogen) atoms. The van der Waals surface area contributed by atoms with Crippen molar-refractivity contribution in [1.29, 1.82) is 0 Å². The Morgan fingerprint density at radius 1 is 1.06 bits per heavy atom. The van der Waals surface area contributed by atoms with Gasteiger partial charge in [-0.05, 0) is 36.4 Å². The maximum Gasteiger partial charge on any atom is 0.349 e. The molecule has 1 aromatic heterocycles. The Morgan fingerprint density at radius 2 is 1.84 bits per heavy atom. The summed E-state index contributed by atoms with van der Waals surface area (Å²) < 4.78 is 39.0. The smallest absolute Gasteiger partial charge is 0.349 e. The minimum absolute atomic E-state index is 0.0359. The molecule has 2 N–H and O–H groups in total. The van der Waals surface area contributed by atoms with Crippen LogP contribution >= 0.6 is 11.3 Å². The molecule has 2 rings (SSSR count). The number of benzene rings is 1. The van der Waals surface area contributed by atoms with E-state index < -0.39 is 16.0 Å². The van der Waals surface area contributed by atoms with E-state index in [0.29, 0.717) is 18.0 Å². The van der Waals surface area contributed by atoms with E-state index >= 15 is 0 Å². The van der Waals surface area contributed by atoms with Crippen LogP contribution in [0.3, 0.4) is 0 Å². The highest BCUT2D eigenvalue weighted by atomic mass is 32.2. The van der Waals surface area contributed by atoms with Gasteiger partial charge >= 0.3 is 5.97 Å². The summed E-state index contributed by atoms with van der Waals surface area (Å²) in [5.41, 5.74) is 1.20. The predicted octanol–water partition coefficient (Wildman–Crippen LogP) is 5.51. The third-order valence-corrected chi connectivity index (χ3v) is 7.06. The molecule has 172 valence electrons. The minimum Gasteiger partial charge on any atom is -0.491 e. The van der Waals surface area contributed by atoms with Gasteiger partial charge in [-0.15, -0.1) is 11.3 Å². The number of unbranched alkanes of at least 4 members (excludes halogenated alkanes) is 4. The predicted molar refractivity (Wildman–Crippen MR) is 126 cm³/mol. The van der Waals surface area contributed by atoms with Gasteiger partial charge in [-0.2, -0.15) is 0 Å². The summed E-state index contributed by atoms with van der Waals surface area (Å²) in [4.78, 5) is 11.8. The van der Waals surface area contributed by atoms with Crippen LogP contribution in [0.25, 0.3) is 0 Å². The van der Waals surface area contributed by atoms with Crippen LogP contribution in [0.5, 0.6) is 5.75 Å². The molecule has 0 aliphatic heterocycles. The summed E-state index contributed by atoms with van der Waals surface area (Å²) in [6, 6.07) is 6.70. The standard InChI is InChI=1S/C22H32N2O5S2/c1-4-6-8-9-13-23-17-10-11-18(19(16-17)29-14-7-5-2)24-31(26,27)20-12-15-30-21(20)22(25)28-3/h10-12,15-16,23-24H,4-9,13-14H2,1-3H3. The zero-order valence-corrected chi connectivity index (χ0v) is 20.0. The van der Waals surface area contributed by atoms with Gasteiger partial charge in [-0.25, -0.2) is 13.2 Å². The quantitative estimate of drug-likeness (QED) is 0.281. The van der Waals surface area contributed by atoms with Crippen LogP contribution in [-0.4, -0.2) is 34.6 Å². The fraction of sp³-hybridized carbons (Fsp3) is 0.500. The fourth-order valence-electron chi connectivity index (χ4n) is 2.90. The zero-order chi connectivity index (χ0) is 22.7. The second kappa shape index (κ2) is 12.6. The number of rotatable bonds is 14. The van der Waals surface area contributed by atoms with Gasteiger partial charge in [0.25, 0.3) is 10.0 Å². The van der Waals surface area contributed by atoms with Gasteiger partial charge in [0.05, 0.1) is 19.4 Å². The Bertz CT molecular complexity index is 941. The average molecular weight is 469 g/mol. The Hall–Kier alpha value is -2.26. The molecule has 0 fully saturated rings. The minimum atomic E-state index is -3.99. The number of carbonyl (C=O) groups excluding carboxylic acids is 1.